The highest BCUT2D eigenvalue weighted by molar-refractivity contribution is 6.16. The molecular weight excluding hydrogens is 338 g/mol. The summed E-state index contributed by atoms with van der Waals surface area (Å²) in [5, 5.41) is 0.794. The Morgan fingerprint density at radius 2 is 1.78 bits per heavy atom. The first-order valence-corrected chi connectivity index (χ1v) is 8.96. The van der Waals surface area contributed by atoms with Gasteiger partial charge >= 0.3 is 0 Å². The van der Waals surface area contributed by atoms with E-state index in [4.69, 9.17) is 9.15 Å². The number of ether oxygens (including phenoxy) is 1. The largest absolute Gasteiger partial charge is 0.493 e. The maximum absolute atomic E-state index is 13.2. The predicted molar refractivity (Wildman–Crippen MR) is 110 cm³/mol. The van der Waals surface area contributed by atoms with Crippen LogP contribution in [0.15, 0.2) is 78.3 Å². The minimum Gasteiger partial charge on any atom is -0.493 e. The molecule has 2 aromatic carbocycles. The van der Waals surface area contributed by atoms with Crippen molar-refractivity contribution in [3.05, 3.63) is 85.2 Å². The first kappa shape index (κ1) is 18.5. The minimum absolute atomic E-state index is 0.164. The molecule has 0 amide bonds. The van der Waals surface area contributed by atoms with Crippen LogP contribution in [0.2, 0.25) is 0 Å². The SMILES string of the molecule is C=CCN(CC=C)c1c(C(=O)c2ccccc2)oc2cccc(OCC)c12. The zero-order valence-corrected chi connectivity index (χ0v) is 15.5. The third-order valence-corrected chi connectivity index (χ3v) is 4.21. The van der Waals surface area contributed by atoms with Crippen molar-refractivity contribution in [3.63, 3.8) is 0 Å². The van der Waals surface area contributed by atoms with Crippen LogP contribution < -0.4 is 9.64 Å². The molecular formula is C23H23NO3. The number of nitrogens with zero attached hydrogens (tertiary/aromatic N) is 1. The van der Waals surface area contributed by atoms with E-state index in [1.54, 1.807) is 24.3 Å². The number of anilines is 1. The van der Waals surface area contributed by atoms with E-state index in [-0.39, 0.29) is 5.78 Å². The Morgan fingerprint density at radius 1 is 1.07 bits per heavy atom. The summed E-state index contributed by atoms with van der Waals surface area (Å²) in [7, 11) is 0. The van der Waals surface area contributed by atoms with E-state index in [0.717, 1.165) is 5.39 Å². The van der Waals surface area contributed by atoms with Crippen LogP contribution in [0.25, 0.3) is 11.0 Å². The maximum Gasteiger partial charge on any atom is 0.230 e. The molecule has 0 aliphatic rings. The third-order valence-electron chi connectivity index (χ3n) is 4.21. The molecule has 1 heterocycles. The van der Waals surface area contributed by atoms with Crippen LogP contribution in [0, 0.1) is 0 Å². The van der Waals surface area contributed by atoms with Gasteiger partial charge in [-0.05, 0) is 19.1 Å². The number of hydrogen-bond acceptors (Lipinski definition) is 4. The summed E-state index contributed by atoms with van der Waals surface area (Å²) >= 11 is 0. The van der Waals surface area contributed by atoms with E-state index in [1.165, 1.54) is 0 Å². The molecule has 138 valence electrons. The van der Waals surface area contributed by atoms with Crippen molar-refractivity contribution in [2.24, 2.45) is 0 Å². The van der Waals surface area contributed by atoms with Gasteiger partial charge in [0.2, 0.25) is 5.78 Å². The second kappa shape index (κ2) is 8.41. The lowest BCUT2D eigenvalue weighted by Gasteiger charge is -2.22. The van der Waals surface area contributed by atoms with Gasteiger partial charge in [-0.25, -0.2) is 0 Å². The van der Waals surface area contributed by atoms with E-state index in [0.29, 0.717) is 48.0 Å². The number of rotatable bonds is 9. The zero-order valence-electron chi connectivity index (χ0n) is 15.5. The van der Waals surface area contributed by atoms with Crippen molar-refractivity contribution in [2.75, 3.05) is 24.6 Å². The van der Waals surface area contributed by atoms with Gasteiger partial charge in [-0.15, -0.1) is 13.2 Å². The van der Waals surface area contributed by atoms with E-state index in [1.807, 2.05) is 48.2 Å². The van der Waals surface area contributed by atoms with E-state index in [9.17, 15) is 4.79 Å². The van der Waals surface area contributed by atoms with Gasteiger partial charge in [-0.2, -0.15) is 0 Å². The van der Waals surface area contributed by atoms with Crippen molar-refractivity contribution in [1.82, 2.24) is 0 Å². The summed E-state index contributed by atoms with van der Waals surface area (Å²) in [6.45, 7) is 11.2. The Hall–Kier alpha value is -3.27. The third kappa shape index (κ3) is 3.65. The van der Waals surface area contributed by atoms with Gasteiger partial charge in [0.1, 0.15) is 11.3 Å². The summed E-state index contributed by atoms with van der Waals surface area (Å²) in [6, 6.07) is 14.7. The Labute approximate surface area is 159 Å². The van der Waals surface area contributed by atoms with Crippen molar-refractivity contribution >= 4 is 22.4 Å². The molecule has 0 saturated heterocycles. The molecule has 4 heteroatoms. The van der Waals surface area contributed by atoms with Gasteiger partial charge in [0, 0.05) is 18.7 Å². The fraction of sp³-hybridized carbons (Fsp3) is 0.174. The Kier molecular flexibility index (Phi) is 5.77. The molecule has 0 radical (unpaired) electrons. The second-order valence-electron chi connectivity index (χ2n) is 6.02. The zero-order chi connectivity index (χ0) is 19.2. The summed E-state index contributed by atoms with van der Waals surface area (Å²) in [5.74, 6) is 0.827. The Bertz CT molecular complexity index is 946. The highest BCUT2D eigenvalue weighted by Gasteiger charge is 2.27. The van der Waals surface area contributed by atoms with Crippen LogP contribution in [0.3, 0.4) is 0 Å². The lowest BCUT2D eigenvalue weighted by Crippen LogP contribution is -2.24. The smallest absolute Gasteiger partial charge is 0.230 e. The topological polar surface area (TPSA) is 42.7 Å². The molecule has 0 bridgehead atoms. The highest BCUT2D eigenvalue weighted by atomic mass is 16.5. The molecule has 0 saturated carbocycles. The molecule has 1 aromatic heterocycles. The number of ketones is 1. The number of furan rings is 1. The highest BCUT2D eigenvalue weighted by Crippen LogP contribution is 2.41. The predicted octanol–water partition coefficient (Wildman–Crippen LogP) is 5.24. The van der Waals surface area contributed by atoms with Crippen LogP contribution in [0.1, 0.15) is 23.0 Å². The summed E-state index contributed by atoms with van der Waals surface area (Å²) < 4.78 is 11.9. The molecule has 3 rings (SSSR count). The van der Waals surface area contributed by atoms with Crippen LogP contribution >= 0.6 is 0 Å². The lowest BCUT2D eigenvalue weighted by molar-refractivity contribution is 0.101. The molecule has 0 N–H and O–H groups in total. The number of carbonyl (C=O) groups excluding carboxylic acids is 1. The van der Waals surface area contributed by atoms with Gasteiger partial charge in [-0.1, -0.05) is 48.6 Å². The van der Waals surface area contributed by atoms with Crippen molar-refractivity contribution < 1.29 is 13.9 Å². The summed E-state index contributed by atoms with van der Waals surface area (Å²) in [4.78, 5) is 15.2. The quantitative estimate of drug-likeness (QED) is 0.386. The average Bonchev–Trinajstić information content (AvgIpc) is 3.08. The molecule has 0 aliphatic carbocycles. The second-order valence-corrected chi connectivity index (χ2v) is 6.02. The van der Waals surface area contributed by atoms with Gasteiger partial charge < -0.3 is 14.1 Å². The fourth-order valence-electron chi connectivity index (χ4n) is 3.12. The van der Waals surface area contributed by atoms with Crippen LogP contribution in [0.5, 0.6) is 5.75 Å². The number of carbonyl (C=O) groups is 1. The monoisotopic (exact) mass is 361 g/mol. The fourth-order valence-corrected chi connectivity index (χ4v) is 3.12. The van der Waals surface area contributed by atoms with Crippen molar-refractivity contribution in [2.45, 2.75) is 6.92 Å². The summed E-state index contributed by atoms with van der Waals surface area (Å²) in [5.41, 5.74) is 1.91. The summed E-state index contributed by atoms with van der Waals surface area (Å²) in [6.07, 6.45) is 3.59. The van der Waals surface area contributed by atoms with E-state index >= 15 is 0 Å². The Balaban J connectivity index is 2.27. The minimum atomic E-state index is -0.164. The molecule has 0 spiro atoms. The molecule has 0 fully saturated rings. The molecule has 0 unspecified atom stereocenters. The molecule has 27 heavy (non-hydrogen) atoms. The lowest BCUT2D eigenvalue weighted by atomic mass is 10.1. The maximum atomic E-state index is 13.2. The van der Waals surface area contributed by atoms with Gasteiger partial charge in [0.25, 0.3) is 0 Å². The first-order valence-electron chi connectivity index (χ1n) is 8.96. The van der Waals surface area contributed by atoms with Gasteiger partial charge in [0.05, 0.1) is 17.7 Å². The van der Waals surface area contributed by atoms with Crippen LogP contribution in [0.4, 0.5) is 5.69 Å². The van der Waals surface area contributed by atoms with E-state index in [2.05, 4.69) is 13.2 Å². The molecule has 3 aromatic rings. The number of benzene rings is 2. The van der Waals surface area contributed by atoms with Gasteiger partial charge in [-0.3, -0.25) is 4.79 Å². The van der Waals surface area contributed by atoms with Crippen molar-refractivity contribution in [3.8, 4) is 5.75 Å². The van der Waals surface area contributed by atoms with E-state index < -0.39 is 0 Å². The van der Waals surface area contributed by atoms with Crippen LogP contribution in [-0.4, -0.2) is 25.5 Å². The average molecular weight is 361 g/mol. The first-order chi connectivity index (χ1) is 13.2. The number of fused-ring (bicyclic) bond motifs is 1. The Morgan fingerprint density at radius 3 is 2.41 bits per heavy atom. The standard InChI is InChI=1S/C23H23NO3/c1-4-15-24(16-5-2)21-20-18(26-6-3)13-10-14-19(20)27-23(21)22(25)17-11-8-7-9-12-17/h4-5,7-14H,1-2,6,15-16H2,3H3. The normalized spacial score (nSPS) is 10.6. The van der Waals surface area contributed by atoms with Gasteiger partial charge in [0.15, 0.2) is 5.76 Å². The molecule has 0 aliphatic heterocycles. The van der Waals surface area contributed by atoms with Crippen molar-refractivity contribution in [1.29, 1.82) is 0 Å². The molecule has 0 atom stereocenters. The molecule has 4 nitrogen and oxygen atoms in total. The number of hydrogen-bond donors (Lipinski definition) is 0. The van der Waals surface area contributed by atoms with Crippen LogP contribution in [-0.2, 0) is 0 Å².